The van der Waals surface area contributed by atoms with Gasteiger partial charge in [0.2, 0.25) is 0 Å². The molecule has 1 aromatic heterocycles. The first-order valence-electron chi connectivity index (χ1n) is 5.45. The summed E-state index contributed by atoms with van der Waals surface area (Å²) in [5.74, 6) is 0.357. The Kier molecular flexibility index (Phi) is 4.06. The van der Waals surface area contributed by atoms with Gasteiger partial charge < -0.3 is 16.0 Å². The van der Waals surface area contributed by atoms with Crippen molar-refractivity contribution in [1.29, 1.82) is 0 Å². The van der Waals surface area contributed by atoms with Crippen LogP contribution in [-0.4, -0.2) is 22.6 Å². The maximum atomic E-state index is 11.5. The summed E-state index contributed by atoms with van der Waals surface area (Å²) in [6.07, 6.45) is 3.88. The number of anilines is 1. The molecular formula is C11H20N4O. The number of nitrogens with zero attached hydrogens (tertiary/aromatic N) is 1. The largest absolute Gasteiger partial charge is 0.362 e. The van der Waals surface area contributed by atoms with Gasteiger partial charge in [0.05, 0.1) is 0 Å². The van der Waals surface area contributed by atoms with E-state index in [0.29, 0.717) is 12.4 Å². The van der Waals surface area contributed by atoms with E-state index in [1.165, 1.54) is 6.20 Å². The van der Waals surface area contributed by atoms with Crippen molar-refractivity contribution in [2.45, 2.75) is 33.2 Å². The van der Waals surface area contributed by atoms with Gasteiger partial charge in [0.1, 0.15) is 0 Å². The Morgan fingerprint density at radius 1 is 1.56 bits per heavy atom. The number of aromatic nitrogens is 2. The summed E-state index contributed by atoms with van der Waals surface area (Å²) in [6.45, 7) is 6.91. The zero-order valence-corrected chi connectivity index (χ0v) is 10.1. The van der Waals surface area contributed by atoms with Crippen LogP contribution in [-0.2, 0) is 0 Å². The molecule has 5 heteroatoms. The SMILES string of the molecule is CC(C)(C)C(CCN)Nc1ncc[nH]c1=O. The second-order valence-corrected chi connectivity index (χ2v) is 4.91. The zero-order chi connectivity index (χ0) is 12.2. The topological polar surface area (TPSA) is 83.8 Å². The van der Waals surface area contributed by atoms with Crippen molar-refractivity contribution >= 4 is 5.82 Å². The van der Waals surface area contributed by atoms with Crippen LogP contribution in [0.5, 0.6) is 0 Å². The Morgan fingerprint density at radius 3 is 2.75 bits per heavy atom. The monoisotopic (exact) mass is 224 g/mol. The van der Waals surface area contributed by atoms with Gasteiger partial charge in [-0.25, -0.2) is 4.98 Å². The van der Waals surface area contributed by atoms with Crippen molar-refractivity contribution in [3.8, 4) is 0 Å². The van der Waals surface area contributed by atoms with Gasteiger partial charge in [0.15, 0.2) is 5.82 Å². The molecule has 1 unspecified atom stereocenters. The summed E-state index contributed by atoms with van der Waals surface area (Å²) in [4.78, 5) is 18.1. The molecule has 0 aromatic carbocycles. The normalized spacial score (nSPS) is 13.5. The van der Waals surface area contributed by atoms with Crippen LogP contribution in [0.15, 0.2) is 17.2 Å². The average molecular weight is 224 g/mol. The van der Waals surface area contributed by atoms with E-state index in [2.05, 4.69) is 36.1 Å². The van der Waals surface area contributed by atoms with E-state index in [0.717, 1.165) is 6.42 Å². The predicted molar refractivity (Wildman–Crippen MR) is 65.4 cm³/mol. The lowest BCUT2D eigenvalue weighted by molar-refractivity contribution is 0.328. The van der Waals surface area contributed by atoms with Gasteiger partial charge in [0.25, 0.3) is 5.56 Å². The molecule has 0 saturated carbocycles. The molecule has 0 aliphatic carbocycles. The van der Waals surface area contributed by atoms with Crippen molar-refractivity contribution in [2.24, 2.45) is 11.1 Å². The molecule has 0 spiro atoms. The first kappa shape index (κ1) is 12.7. The zero-order valence-electron chi connectivity index (χ0n) is 10.1. The molecule has 16 heavy (non-hydrogen) atoms. The Labute approximate surface area is 95.5 Å². The maximum absolute atomic E-state index is 11.5. The molecule has 4 N–H and O–H groups in total. The van der Waals surface area contributed by atoms with E-state index in [9.17, 15) is 4.79 Å². The Morgan fingerprint density at radius 2 is 2.25 bits per heavy atom. The molecule has 5 nitrogen and oxygen atoms in total. The summed E-state index contributed by atoms with van der Waals surface area (Å²) < 4.78 is 0. The summed E-state index contributed by atoms with van der Waals surface area (Å²) in [5, 5.41) is 3.15. The maximum Gasteiger partial charge on any atom is 0.290 e. The number of aromatic amines is 1. The minimum absolute atomic E-state index is 0.0311. The van der Waals surface area contributed by atoms with E-state index in [4.69, 9.17) is 5.73 Å². The second-order valence-electron chi connectivity index (χ2n) is 4.91. The first-order valence-corrected chi connectivity index (χ1v) is 5.45. The van der Waals surface area contributed by atoms with Crippen LogP contribution in [0.25, 0.3) is 0 Å². The highest BCUT2D eigenvalue weighted by Gasteiger charge is 2.24. The molecule has 0 aliphatic rings. The molecule has 1 atom stereocenters. The highest BCUT2D eigenvalue weighted by molar-refractivity contribution is 5.32. The number of hydrogen-bond donors (Lipinski definition) is 3. The Bertz CT molecular complexity index is 380. The number of hydrogen-bond acceptors (Lipinski definition) is 4. The smallest absolute Gasteiger partial charge is 0.290 e. The number of rotatable bonds is 4. The van der Waals surface area contributed by atoms with Crippen LogP contribution < -0.4 is 16.6 Å². The van der Waals surface area contributed by atoms with Gasteiger partial charge >= 0.3 is 0 Å². The average Bonchev–Trinajstić information content (AvgIpc) is 2.19. The lowest BCUT2D eigenvalue weighted by atomic mass is 9.85. The van der Waals surface area contributed by atoms with Crippen LogP contribution >= 0.6 is 0 Å². The Hall–Kier alpha value is -1.36. The molecule has 0 bridgehead atoms. The third kappa shape index (κ3) is 3.34. The number of nitrogens with one attached hydrogen (secondary N) is 2. The van der Waals surface area contributed by atoms with Crippen LogP contribution in [0.4, 0.5) is 5.82 Å². The van der Waals surface area contributed by atoms with E-state index >= 15 is 0 Å². The fourth-order valence-corrected chi connectivity index (χ4v) is 1.51. The quantitative estimate of drug-likeness (QED) is 0.711. The minimum Gasteiger partial charge on any atom is -0.362 e. The van der Waals surface area contributed by atoms with Gasteiger partial charge in [0, 0.05) is 18.4 Å². The molecule has 1 heterocycles. The minimum atomic E-state index is -0.200. The molecule has 0 fully saturated rings. The van der Waals surface area contributed by atoms with Crippen molar-refractivity contribution in [1.82, 2.24) is 9.97 Å². The van der Waals surface area contributed by atoms with E-state index < -0.39 is 0 Å². The van der Waals surface area contributed by atoms with Gasteiger partial charge in [-0.05, 0) is 18.4 Å². The van der Waals surface area contributed by atoms with Gasteiger partial charge in [-0.15, -0.1) is 0 Å². The van der Waals surface area contributed by atoms with Gasteiger partial charge in [-0.2, -0.15) is 0 Å². The highest BCUT2D eigenvalue weighted by atomic mass is 16.1. The van der Waals surface area contributed by atoms with Crippen molar-refractivity contribution in [3.63, 3.8) is 0 Å². The molecule has 0 amide bonds. The molecule has 0 aliphatic heterocycles. The van der Waals surface area contributed by atoms with E-state index in [1.807, 2.05) is 0 Å². The van der Waals surface area contributed by atoms with Crippen molar-refractivity contribution < 1.29 is 0 Å². The number of H-pyrrole nitrogens is 1. The van der Waals surface area contributed by atoms with Crippen molar-refractivity contribution in [3.05, 3.63) is 22.7 Å². The van der Waals surface area contributed by atoms with Crippen LogP contribution in [0.3, 0.4) is 0 Å². The fourth-order valence-electron chi connectivity index (χ4n) is 1.51. The van der Waals surface area contributed by atoms with Crippen LogP contribution in [0, 0.1) is 5.41 Å². The molecule has 0 radical (unpaired) electrons. The summed E-state index contributed by atoms with van der Waals surface area (Å²) in [6, 6.07) is 0.133. The van der Waals surface area contributed by atoms with Crippen molar-refractivity contribution in [2.75, 3.05) is 11.9 Å². The van der Waals surface area contributed by atoms with E-state index in [-0.39, 0.29) is 17.0 Å². The predicted octanol–water partition coefficient (Wildman–Crippen LogP) is 0.945. The van der Waals surface area contributed by atoms with Gasteiger partial charge in [-0.1, -0.05) is 20.8 Å². The first-order chi connectivity index (χ1) is 7.45. The summed E-state index contributed by atoms with van der Waals surface area (Å²) in [7, 11) is 0. The van der Waals surface area contributed by atoms with Crippen LogP contribution in [0.2, 0.25) is 0 Å². The molecule has 1 aromatic rings. The molecule has 90 valence electrons. The summed E-state index contributed by atoms with van der Waals surface area (Å²) in [5.41, 5.74) is 5.40. The van der Waals surface area contributed by atoms with E-state index in [1.54, 1.807) is 6.20 Å². The lowest BCUT2D eigenvalue weighted by Gasteiger charge is -2.31. The van der Waals surface area contributed by atoms with Crippen LogP contribution in [0.1, 0.15) is 27.2 Å². The Balaban J connectivity index is 2.84. The standard InChI is InChI=1S/C11H20N4O/c1-11(2,3)8(4-5-12)15-9-10(16)14-7-6-13-9/h6-8H,4-5,12H2,1-3H3,(H,13,15)(H,14,16). The highest BCUT2D eigenvalue weighted by Crippen LogP contribution is 2.23. The number of nitrogens with two attached hydrogens (primary N) is 1. The lowest BCUT2D eigenvalue weighted by Crippen LogP contribution is -2.37. The fraction of sp³-hybridized carbons (Fsp3) is 0.636. The summed E-state index contributed by atoms with van der Waals surface area (Å²) >= 11 is 0. The second kappa shape index (κ2) is 5.12. The molecular weight excluding hydrogens is 204 g/mol. The molecule has 1 rings (SSSR count). The van der Waals surface area contributed by atoms with Gasteiger partial charge in [-0.3, -0.25) is 4.79 Å². The molecule has 0 saturated heterocycles. The third-order valence-electron chi connectivity index (χ3n) is 2.52. The third-order valence-corrected chi connectivity index (χ3v) is 2.52.